The minimum atomic E-state index is 0.257. The van der Waals surface area contributed by atoms with Crippen LogP contribution in [0.5, 0.6) is 0 Å². The van der Waals surface area contributed by atoms with Gasteiger partial charge in [-0.2, -0.15) is 0 Å². The number of rotatable bonds is 2. The average Bonchev–Trinajstić information content (AvgIpc) is 3.02. The van der Waals surface area contributed by atoms with Crippen LogP contribution in [0.2, 0.25) is 0 Å². The topological polar surface area (TPSA) is 49.9 Å². The summed E-state index contributed by atoms with van der Waals surface area (Å²) in [5.74, 6) is 1.08. The van der Waals surface area contributed by atoms with Gasteiger partial charge in [0, 0.05) is 6.61 Å². The molecule has 0 amide bonds. The summed E-state index contributed by atoms with van der Waals surface area (Å²) in [6, 6.07) is 0.431. The van der Waals surface area contributed by atoms with Crippen LogP contribution < -0.4 is 5.32 Å². The van der Waals surface area contributed by atoms with Crippen LogP contribution in [0, 0.1) is 0 Å². The van der Waals surface area contributed by atoms with Gasteiger partial charge in [0.25, 0.3) is 0 Å². The summed E-state index contributed by atoms with van der Waals surface area (Å²) in [6.07, 6.45) is 6.93. The Kier molecular flexibility index (Phi) is 2.46. The minimum Gasteiger partial charge on any atom is -0.372 e. The highest BCUT2D eigenvalue weighted by Gasteiger charge is 2.23. The molecule has 0 aromatic carbocycles. The molecule has 4 heteroatoms. The number of ether oxygens (including phenoxy) is 1. The highest BCUT2D eigenvalue weighted by atomic mass is 16.5. The lowest BCUT2D eigenvalue weighted by Gasteiger charge is -2.07. The van der Waals surface area contributed by atoms with Crippen LogP contribution in [0.4, 0.5) is 0 Å². The lowest BCUT2D eigenvalue weighted by molar-refractivity contribution is 0.109. The number of aromatic nitrogens is 2. The molecule has 2 unspecified atom stereocenters. The summed E-state index contributed by atoms with van der Waals surface area (Å²) in [4.78, 5) is 7.84. The van der Waals surface area contributed by atoms with Gasteiger partial charge >= 0.3 is 0 Å². The summed E-state index contributed by atoms with van der Waals surface area (Å²) in [6.45, 7) is 2.00. The number of imidazole rings is 1. The molecule has 2 aliphatic heterocycles. The van der Waals surface area contributed by atoms with Crippen molar-refractivity contribution >= 4 is 0 Å². The van der Waals surface area contributed by atoms with Crippen molar-refractivity contribution in [1.82, 2.24) is 15.3 Å². The summed E-state index contributed by atoms with van der Waals surface area (Å²) in [7, 11) is 0. The number of hydrogen-bond acceptors (Lipinski definition) is 3. The van der Waals surface area contributed by atoms with Crippen molar-refractivity contribution in [1.29, 1.82) is 0 Å². The molecule has 0 spiro atoms. The van der Waals surface area contributed by atoms with Crippen LogP contribution in [0.3, 0.4) is 0 Å². The Labute approximate surface area is 89.4 Å². The fourth-order valence-electron chi connectivity index (χ4n) is 2.43. The predicted molar refractivity (Wildman–Crippen MR) is 56.5 cm³/mol. The van der Waals surface area contributed by atoms with Crippen molar-refractivity contribution in [3.8, 4) is 0 Å². The quantitative estimate of drug-likeness (QED) is 0.775. The third-order valence-electron chi connectivity index (χ3n) is 3.28. The van der Waals surface area contributed by atoms with E-state index < -0.39 is 0 Å². The van der Waals surface area contributed by atoms with Crippen LogP contribution in [0.25, 0.3) is 0 Å². The molecule has 0 aliphatic carbocycles. The molecule has 0 radical (unpaired) electrons. The molecule has 3 rings (SSSR count). The molecule has 0 saturated carbocycles. The fourth-order valence-corrected chi connectivity index (χ4v) is 2.43. The second-order valence-electron chi connectivity index (χ2n) is 4.37. The van der Waals surface area contributed by atoms with Crippen molar-refractivity contribution in [2.75, 3.05) is 13.2 Å². The highest BCUT2D eigenvalue weighted by Crippen LogP contribution is 2.28. The van der Waals surface area contributed by atoms with Gasteiger partial charge in [-0.05, 0) is 32.2 Å². The summed E-state index contributed by atoms with van der Waals surface area (Å²) in [5, 5.41) is 3.44. The zero-order chi connectivity index (χ0) is 10.1. The first kappa shape index (κ1) is 9.36. The first-order valence-corrected chi connectivity index (χ1v) is 5.83. The van der Waals surface area contributed by atoms with E-state index in [2.05, 4.69) is 15.3 Å². The van der Waals surface area contributed by atoms with Crippen LogP contribution >= 0.6 is 0 Å². The monoisotopic (exact) mass is 207 g/mol. The normalized spacial score (nSPS) is 31.2. The van der Waals surface area contributed by atoms with Crippen LogP contribution in [0.15, 0.2) is 6.20 Å². The summed E-state index contributed by atoms with van der Waals surface area (Å²) >= 11 is 0. The van der Waals surface area contributed by atoms with Gasteiger partial charge in [0.15, 0.2) is 0 Å². The van der Waals surface area contributed by atoms with E-state index in [4.69, 9.17) is 4.74 Å². The predicted octanol–water partition coefficient (Wildman–Crippen LogP) is 1.69. The second-order valence-corrected chi connectivity index (χ2v) is 4.37. The van der Waals surface area contributed by atoms with Crippen molar-refractivity contribution in [3.63, 3.8) is 0 Å². The Hall–Kier alpha value is -0.870. The van der Waals surface area contributed by atoms with Crippen LogP contribution in [-0.2, 0) is 4.74 Å². The number of nitrogens with one attached hydrogen (secondary N) is 2. The Bertz CT molecular complexity index is 294. The zero-order valence-electron chi connectivity index (χ0n) is 8.83. The van der Waals surface area contributed by atoms with Crippen molar-refractivity contribution < 1.29 is 4.74 Å². The lowest BCUT2D eigenvalue weighted by atomic mass is 10.2. The molecular weight excluding hydrogens is 190 g/mol. The largest absolute Gasteiger partial charge is 0.372 e. The molecule has 2 fully saturated rings. The number of H-pyrrole nitrogens is 1. The van der Waals surface area contributed by atoms with E-state index in [1.165, 1.54) is 19.3 Å². The maximum Gasteiger partial charge on any atom is 0.123 e. The molecule has 2 aliphatic rings. The lowest BCUT2D eigenvalue weighted by Crippen LogP contribution is -2.14. The van der Waals surface area contributed by atoms with Crippen molar-refractivity contribution in [2.45, 2.75) is 37.8 Å². The molecule has 2 atom stereocenters. The van der Waals surface area contributed by atoms with Crippen molar-refractivity contribution in [3.05, 3.63) is 17.7 Å². The van der Waals surface area contributed by atoms with Crippen LogP contribution in [-0.4, -0.2) is 23.1 Å². The third kappa shape index (κ3) is 1.79. The molecule has 2 saturated heterocycles. The summed E-state index contributed by atoms with van der Waals surface area (Å²) < 4.78 is 5.62. The first-order chi connectivity index (χ1) is 7.43. The van der Waals surface area contributed by atoms with E-state index in [9.17, 15) is 0 Å². The average molecular weight is 207 g/mol. The van der Waals surface area contributed by atoms with Crippen LogP contribution in [0.1, 0.15) is 49.3 Å². The van der Waals surface area contributed by atoms with Gasteiger partial charge in [0.1, 0.15) is 5.82 Å². The minimum absolute atomic E-state index is 0.257. The Morgan fingerprint density at radius 2 is 2.33 bits per heavy atom. The first-order valence-electron chi connectivity index (χ1n) is 5.83. The zero-order valence-corrected chi connectivity index (χ0v) is 8.83. The number of nitrogens with zero attached hydrogens (tertiary/aromatic N) is 1. The Morgan fingerprint density at radius 3 is 3.07 bits per heavy atom. The molecule has 4 nitrogen and oxygen atoms in total. The maximum absolute atomic E-state index is 5.62. The molecule has 1 aromatic heterocycles. The van der Waals surface area contributed by atoms with Gasteiger partial charge in [0.05, 0.1) is 24.0 Å². The van der Waals surface area contributed by atoms with E-state index in [0.717, 1.165) is 31.1 Å². The summed E-state index contributed by atoms with van der Waals surface area (Å²) in [5.41, 5.74) is 1.15. The number of aromatic amines is 1. The van der Waals surface area contributed by atoms with Gasteiger partial charge in [-0.15, -0.1) is 0 Å². The third-order valence-corrected chi connectivity index (χ3v) is 3.28. The Morgan fingerprint density at radius 1 is 1.33 bits per heavy atom. The molecular formula is C11H17N3O. The van der Waals surface area contributed by atoms with E-state index in [-0.39, 0.29) is 6.10 Å². The van der Waals surface area contributed by atoms with E-state index in [1.807, 2.05) is 6.20 Å². The van der Waals surface area contributed by atoms with Gasteiger partial charge in [0.2, 0.25) is 0 Å². The number of hydrogen-bond donors (Lipinski definition) is 2. The highest BCUT2D eigenvalue weighted by molar-refractivity contribution is 5.09. The smallest absolute Gasteiger partial charge is 0.123 e. The van der Waals surface area contributed by atoms with Gasteiger partial charge in [-0.25, -0.2) is 4.98 Å². The SMILES string of the molecule is c1nc(C2CCCN2)[nH]c1C1CCCO1. The van der Waals surface area contributed by atoms with E-state index in [1.54, 1.807) is 0 Å². The molecule has 3 heterocycles. The Balaban J connectivity index is 1.74. The standard InChI is InChI=1S/C11H17N3O/c1-3-8(12-5-1)11-13-7-9(14-11)10-4-2-6-15-10/h7-8,10,12H,1-6H2,(H,13,14). The van der Waals surface area contributed by atoms with Gasteiger partial charge in [-0.3, -0.25) is 0 Å². The maximum atomic E-state index is 5.62. The molecule has 2 N–H and O–H groups in total. The van der Waals surface area contributed by atoms with E-state index >= 15 is 0 Å². The second kappa shape index (κ2) is 3.94. The molecule has 15 heavy (non-hydrogen) atoms. The van der Waals surface area contributed by atoms with Gasteiger partial charge in [-0.1, -0.05) is 0 Å². The molecule has 82 valence electrons. The fraction of sp³-hybridized carbons (Fsp3) is 0.727. The van der Waals surface area contributed by atoms with Gasteiger partial charge < -0.3 is 15.0 Å². The van der Waals surface area contributed by atoms with E-state index in [0.29, 0.717) is 6.04 Å². The molecule has 0 bridgehead atoms. The molecule has 1 aromatic rings. The van der Waals surface area contributed by atoms with Crippen molar-refractivity contribution in [2.24, 2.45) is 0 Å².